The Labute approximate surface area is 130 Å². The molecule has 1 amide bonds. The fraction of sp³-hybridized carbons (Fsp3) is 0.278. The minimum Gasteiger partial charge on any atom is -0.392 e. The van der Waals surface area contributed by atoms with E-state index in [1.165, 1.54) is 0 Å². The minimum absolute atomic E-state index is 0.00424. The van der Waals surface area contributed by atoms with Crippen LogP contribution >= 0.6 is 0 Å². The summed E-state index contributed by atoms with van der Waals surface area (Å²) in [5.74, 6) is 0.104. The predicted molar refractivity (Wildman–Crippen MR) is 87.8 cm³/mol. The summed E-state index contributed by atoms with van der Waals surface area (Å²) in [6, 6.07) is 17.1. The van der Waals surface area contributed by atoms with Crippen molar-refractivity contribution in [1.29, 1.82) is 0 Å². The predicted octanol–water partition coefficient (Wildman–Crippen LogP) is 2.79. The number of anilines is 2. The number of aliphatic hydroxyl groups excluding tert-OH is 1. The van der Waals surface area contributed by atoms with Gasteiger partial charge in [-0.1, -0.05) is 30.3 Å². The maximum Gasteiger partial charge on any atom is 0.249 e. The first-order valence-electron chi connectivity index (χ1n) is 7.60. The Kier molecular flexibility index (Phi) is 4.39. The molecule has 0 bridgehead atoms. The molecule has 0 aliphatic carbocycles. The molecule has 1 atom stereocenters. The fourth-order valence-electron chi connectivity index (χ4n) is 2.83. The first kappa shape index (κ1) is 14.6. The van der Waals surface area contributed by atoms with Crippen molar-refractivity contribution >= 4 is 17.3 Å². The van der Waals surface area contributed by atoms with Gasteiger partial charge in [0.05, 0.1) is 6.61 Å². The van der Waals surface area contributed by atoms with E-state index in [0.717, 1.165) is 36.3 Å². The molecule has 0 aromatic heterocycles. The van der Waals surface area contributed by atoms with Crippen molar-refractivity contribution in [3.8, 4) is 0 Å². The third-order valence-electron chi connectivity index (χ3n) is 3.96. The van der Waals surface area contributed by atoms with Gasteiger partial charge in [0.15, 0.2) is 0 Å². The molecular weight excluding hydrogens is 276 g/mol. The summed E-state index contributed by atoms with van der Waals surface area (Å²) in [7, 11) is 0. The van der Waals surface area contributed by atoms with E-state index in [0.29, 0.717) is 0 Å². The summed E-state index contributed by atoms with van der Waals surface area (Å²) in [5, 5.41) is 12.5. The van der Waals surface area contributed by atoms with Gasteiger partial charge in [-0.25, -0.2) is 0 Å². The third-order valence-corrected chi connectivity index (χ3v) is 3.96. The van der Waals surface area contributed by atoms with Crippen LogP contribution in [0, 0.1) is 0 Å². The molecule has 0 unspecified atom stereocenters. The van der Waals surface area contributed by atoms with Gasteiger partial charge in [0.2, 0.25) is 5.91 Å². The van der Waals surface area contributed by atoms with E-state index in [1.807, 2.05) is 59.5 Å². The standard InChI is InChI=1S/C18H20N2O2/c21-13-14-6-4-7-15(12-14)19-17-10-5-11-20(18(17)22)16-8-2-1-3-9-16/h1-4,6-9,12,17,19,21H,5,10-11,13H2/t17-/m1/s1. The van der Waals surface area contributed by atoms with Gasteiger partial charge in [-0.2, -0.15) is 0 Å². The second kappa shape index (κ2) is 6.62. The zero-order valence-electron chi connectivity index (χ0n) is 12.4. The molecule has 0 saturated carbocycles. The molecule has 114 valence electrons. The van der Waals surface area contributed by atoms with Crippen LogP contribution in [0.3, 0.4) is 0 Å². The van der Waals surface area contributed by atoms with E-state index >= 15 is 0 Å². The molecule has 3 rings (SSSR count). The van der Waals surface area contributed by atoms with Gasteiger partial charge >= 0.3 is 0 Å². The minimum atomic E-state index is -0.220. The number of rotatable bonds is 4. The van der Waals surface area contributed by atoms with Crippen LogP contribution in [0.1, 0.15) is 18.4 Å². The molecule has 4 heteroatoms. The molecule has 1 heterocycles. The van der Waals surface area contributed by atoms with Crippen molar-refractivity contribution in [2.75, 3.05) is 16.8 Å². The summed E-state index contributed by atoms with van der Waals surface area (Å²) in [4.78, 5) is 14.5. The lowest BCUT2D eigenvalue weighted by atomic mass is 10.0. The number of amides is 1. The van der Waals surface area contributed by atoms with E-state index in [9.17, 15) is 9.90 Å². The molecule has 4 nitrogen and oxygen atoms in total. The van der Waals surface area contributed by atoms with Gasteiger partial charge < -0.3 is 15.3 Å². The average molecular weight is 296 g/mol. The average Bonchev–Trinajstić information content (AvgIpc) is 2.58. The van der Waals surface area contributed by atoms with E-state index in [-0.39, 0.29) is 18.6 Å². The van der Waals surface area contributed by atoms with Crippen LogP contribution in [0.4, 0.5) is 11.4 Å². The lowest BCUT2D eigenvalue weighted by Crippen LogP contribution is -2.47. The number of nitrogens with one attached hydrogen (secondary N) is 1. The van der Waals surface area contributed by atoms with Gasteiger partial charge in [0.1, 0.15) is 6.04 Å². The number of piperidine rings is 1. The zero-order chi connectivity index (χ0) is 15.4. The first-order valence-corrected chi connectivity index (χ1v) is 7.60. The van der Waals surface area contributed by atoms with Crippen molar-refractivity contribution in [3.05, 3.63) is 60.2 Å². The number of carbonyl (C=O) groups excluding carboxylic acids is 1. The van der Waals surface area contributed by atoms with Crippen LogP contribution in [0.15, 0.2) is 54.6 Å². The third kappa shape index (κ3) is 3.12. The van der Waals surface area contributed by atoms with Gasteiger partial charge in [-0.05, 0) is 42.7 Å². The van der Waals surface area contributed by atoms with E-state index in [1.54, 1.807) is 0 Å². The maximum absolute atomic E-state index is 12.7. The Hall–Kier alpha value is -2.33. The van der Waals surface area contributed by atoms with Crippen LogP contribution in [0.2, 0.25) is 0 Å². The monoisotopic (exact) mass is 296 g/mol. The molecule has 0 radical (unpaired) electrons. The summed E-state index contributed by atoms with van der Waals surface area (Å²) < 4.78 is 0. The summed E-state index contributed by atoms with van der Waals surface area (Å²) in [6.45, 7) is 0.766. The number of benzene rings is 2. The Bertz CT molecular complexity index is 643. The van der Waals surface area contributed by atoms with E-state index in [4.69, 9.17) is 0 Å². The second-order valence-corrected chi connectivity index (χ2v) is 5.52. The first-order chi connectivity index (χ1) is 10.8. The quantitative estimate of drug-likeness (QED) is 0.912. The number of aliphatic hydroxyl groups is 1. The van der Waals surface area contributed by atoms with E-state index in [2.05, 4.69) is 5.32 Å². The van der Waals surface area contributed by atoms with Gasteiger partial charge in [0, 0.05) is 17.9 Å². The van der Waals surface area contributed by atoms with Crippen molar-refractivity contribution in [3.63, 3.8) is 0 Å². The largest absolute Gasteiger partial charge is 0.392 e. The molecule has 2 aromatic rings. The van der Waals surface area contributed by atoms with Crippen molar-refractivity contribution in [2.45, 2.75) is 25.5 Å². The van der Waals surface area contributed by atoms with Crippen molar-refractivity contribution in [2.24, 2.45) is 0 Å². The Morgan fingerprint density at radius 2 is 1.95 bits per heavy atom. The van der Waals surface area contributed by atoms with Crippen LogP contribution in [0.5, 0.6) is 0 Å². The lowest BCUT2D eigenvalue weighted by Gasteiger charge is -2.33. The molecule has 0 spiro atoms. The SMILES string of the molecule is O=C1[C@H](Nc2cccc(CO)c2)CCCN1c1ccccc1. The molecule has 1 aliphatic rings. The smallest absolute Gasteiger partial charge is 0.249 e. The van der Waals surface area contributed by atoms with Crippen LogP contribution in [0.25, 0.3) is 0 Å². The normalized spacial score (nSPS) is 18.3. The molecular formula is C18H20N2O2. The zero-order valence-corrected chi connectivity index (χ0v) is 12.4. The van der Waals surface area contributed by atoms with Gasteiger partial charge in [-0.3, -0.25) is 4.79 Å². The van der Waals surface area contributed by atoms with Crippen molar-refractivity contribution in [1.82, 2.24) is 0 Å². The molecule has 2 N–H and O–H groups in total. The topological polar surface area (TPSA) is 52.6 Å². The Balaban J connectivity index is 1.75. The van der Waals surface area contributed by atoms with Crippen molar-refractivity contribution < 1.29 is 9.90 Å². The Morgan fingerprint density at radius 3 is 2.73 bits per heavy atom. The van der Waals surface area contributed by atoms with Gasteiger partial charge in [-0.15, -0.1) is 0 Å². The van der Waals surface area contributed by atoms with Crippen LogP contribution in [-0.4, -0.2) is 23.6 Å². The van der Waals surface area contributed by atoms with Crippen LogP contribution in [-0.2, 0) is 11.4 Å². The number of hydrogen-bond donors (Lipinski definition) is 2. The molecule has 1 fully saturated rings. The number of para-hydroxylation sites is 1. The van der Waals surface area contributed by atoms with Gasteiger partial charge in [0.25, 0.3) is 0 Å². The van der Waals surface area contributed by atoms with Crippen LogP contribution < -0.4 is 10.2 Å². The highest BCUT2D eigenvalue weighted by Crippen LogP contribution is 2.23. The highest BCUT2D eigenvalue weighted by Gasteiger charge is 2.29. The highest BCUT2D eigenvalue weighted by molar-refractivity contribution is 5.99. The number of hydrogen-bond acceptors (Lipinski definition) is 3. The maximum atomic E-state index is 12.7. The molecule has 22 heavy (non-hydrogen) atoms. The number of nitrogens with zero attached hydrogens (tertiary/aromatic N) is 1. The lowest BCUT2D eigenvalue weighted by molar-refractivity contribution is -0.120. The molecule has 1 saturated heterocycles. The second-order valence-electron chi connectivity index (χ2n) is 5.52. The Morgan fingerprint density at radius 1 is 1.14 bits per heavy atom. The summed E-state index contributed by atoms with van der Waals surface area (Å²) in [6.07, 6.45) is 1.80. The molecule has 1 aliphatic heterocycles. The highest BCUT2D eigenvalue weighted by atomic mass is 16.3. The van der Waals surface area contributed by atoms with E-state index < -0.39 is 0 Å². The fourth-order valence-corrected chi connectivity index (χ4v) is 2.83. The summed E-state index contributed by atoms with van der Waals surface area (Å²) >= 11 is 0. The summed E-state index contributed by atoms with van der Waals surface area (Å²) in [5.41, 5.74) is 2.66. The number of carbonyl (C=O) groups is 1. The molecule has 2 aromatic carbocycles.